The predicted octanol–water partition coefficient (Wildman–Crippen LogP) is 2.02. The molecule has 1 fully saturated rings. The number of hydrogen-bond donors (Lipinski definition) is 6. The molecule has 3 aliphatic rings. The first-order chi connectivity index (χ1) is 27.7. The molecular weight excluding hydrogens is 789 g/mol. The van der Waals surface area contributed by atoms with Gasteiger partial charge in [0.05, 0.1) is 42.0 Å². The van der Waals surface area contributed by atoms with Gasteiger partial charge in [0.1, 0.15) is 35.0 Å². The summed E-state index contributed by atoms with van der Waals surface area (Å²) in [6.45, 7) is 1.33. The lowest BCUT2D eigenvalue weighted by Crippen LogP contribution is -2.57. The fraction of sp³-hybridized carbons (Fsp3) is 0.400. The van der Waals surface area contributed by atoms with E-state index >= 15 is 0 Å². The van der Waals surface area contributed by atoms with Crippen molar-refractivity contribution >= 4 is 35.1 Å². The van der Waals surface area contributed by atoms with Crippen LogP contribution in [-0.4, -0.2) is 112 Å². The Morgan fingerprint density at radius 3 is 2.31 bits per heavy atom. The Kier molecular flexibility index (Phi) is 11.9. The summed E-state index contributed by atoms with van der Waals surface area (Å²) in [7, 11) is 1.24. The van der Waals surface area contributed by atoms with Crippen LogP contribution in [0.5, 0.6) is 17.2 Å². The van der Waals surface area contributed by atoms with Gasteiger partial charge in [-0.15, -0.1) is 0 Å². The minimum absolute atomic E-state index is 0.0278. The highest BCUT2D eigenvalue weighted by atomic mass is 19.4. The van der Waals surface area contributed by atoms with Crippen LogP contribution in [0.25, 0.3) is 0 Å². The lowest BCUT2D eigenvalue weighted by molar-refractivity contribution is -0.250. The summed E-state index contributed by atoms with van der Waals surface area (Å²) in [4.78, 5) is 78.8. The van der Waals surface area contributed by atoms with Crippen LogP contribution in [0.4, 0.5) is 13.2 Å². The van der Waals surface area contributed by atoms with Gasteiger partial charge < -0.3 is 50.0 Å². The summed E-state index contributed by atoms with van der Waals surface area (Å²) >= 11 is 0. The van der Waals surface area contributed by atoms with Crippen LogP contribution < -0.4 is 15.4 Å². The van der Waals surface area contributed by atoms with Gasteiger partial charge in [-0.1, -0.05) is 42.5 Å². The van der Waals surface area contributed by atoms with Crippen molar-refractivity contribution in [2.45, 2.75) is 88.0 Å². The molecule has 0 bridgehead atoms. The van der Waals surface area contributed by atoms with Gasteiger partial charge in [-0.3, -0.25) is 24.0 Å². The Balaban J connectivity index is 1.37. The van der Waals surface area contributed by atoms with Gasteiger partial charge in [0, 0.05) is 49.3 Å². The monoisotopic (exact) mass is 828 g/mol. The summed E-state index contributed by atoms with van der Waals surface area (Å²) in [5.74, 6) is -8.93. The van der Waals surface area contributed by atoms with Crippen LogP contribution in [-0.2, 0) is 46.2 Å². The second-order valence-electron chi connectivity index (χ2n) is 14.5. The van der Waals surface area contributed by atoms with Gasteiger partial charge >= 0.3 is 18.1 Å². The molecule has 16 nitrogen and oxygen atoms in total. The number of aliphatic hydroxyl groups excluding tert-OH is 1. The molecule has 6 N–H and O–H groups in total. The number of methoxy groups -OCH3 is 1. The molecule has 1 heterocycles. The first kappa shape index (κ1) is 42.7. The largest absolute Gasteiger partial charge is 0.507 e. The second-order valence-corrected chi connectivity index (χ2v) is 14.5. The van der Waals surface area contributed by atoms with Crippen LogP contribution in [0.1, 0.15) is 81.3 Å². The number of ketones is 3. The van der Waals surface area contributed by atoms with E-state index in [0.29, 0.717) is 5.56 Å². The lowest BCUT2D eigenvalue weighted by atomic mass is 9.72. The smallest absolute Gasteiger partial charge is 0.471 e. The van der Waals surface area contributed by atoms with Crippen molar-refractivity contribution in [2.24, 2.45) is 0 Å². The highest BCUT2D eigenvalue weighted by Crippen LogP contribution is 2.52. The van der Waals surface area contributed by atoms with E-state index in [4.69, 9.17) is 18.9 Å². The molecule has 1 saturated heterocycles. The Morgan fingerprint density at radius 2 is 1.66 bits per heavy atom. The Hall–Kier alpha value is -5.89. The van der Waals surface area contributed by atoms with E-state index in [1.54, 1.807) is 35.6 Å². The number of carbonyl (C=O) groups excluding carboxylic acids is 6. The number of rotatable bonds is 11. The quantitative estimate of drug-likeness (QED) is 0.0937. The number of phenols is 2. The first-order valence-electron chi connectivity index (χ1n) is 18.2. The van der Waals surface area contributed by atoms with Crippen molar-refractivity contribution in [1.82, 2.24) is 10.6 Å². The summed E-state index contributed by atoms with van der Waals surface area (Å²) in [5, 5.41) is 50.3. The molecule has 3 aromatic rings. The van der Waals surface area contributed by atoms with Gasteiger partial charge in [-0.05, 0) is 18.6 Å². The van der Waals surface area contributed by atoms with Crippen molar-refractivity contribution in [3.63, 3.8) is 0 Å². The average Bonchev–Trinajstić information content (AvgIpc) is 3.18. The Bertz CT molecular complexity index is 2210. The van der Waals surface area contributed by atoms with Crippen molar-refractivity contribution in [3.05, 3.63) is 87.5 Å². The molecule has 3 aromatic carbocycles. The molecule has 7 atom stereocenters. The number of aromatic hydroxyl groups is 2. The molecule has 5 unspecified atom stereocenters. The summed E-state index contributed by atoms with van der Waals surface area (Å²) in [5.41, 5.74) is -4.63. The fourth-order valence-electron chi connectivity index (χ4n) is 7.62. The Morgan fingerprint density at radius 1 is 0.983 bits per heavy atom. The maximum absolute atomic E-state index is 14.0. The zero-order valence-electron chi connectivity index (χ0n) is 31.6. The van der Waals surface area contributed by atoms with Gasteiger partial charge in [-0.2, -0.15) is 13.2 Å². The van der Waals surface area contributed by atoms with E-state index in [-0.39, 0.29) is 23.3 Å². The molecule has 19 heteroatoms. The first-order valence-corrected chi connectivity index (χ1v) is 18.2. The maximum Gasteiger partial charge on any atom is 0.471 e. The number of Topliss-reactive ketones (excluding diaryl/α,β-unsaturated/α-hetero) is 1. The third kappa shape index (κ3) is 8.36. The molecule has 314 valence electrons. The number of ether oxygens (including phenoxy) is 4. The van der Waals surface area contributed by atoms with Gasteiger partial charge in [0.2, 0.25) is 17.5 Å². The van der Waals surface area contributed by atoms with Crippen molar-refractivity contribution in [2.75, 3.05) is 13.7 Å². The number of fused-ring (bicyclic) bond motifs is 3. The third-order valence-electron chi connectivity index (χ3n) is 10.5. The average molecular weight is 829 g/mol. The number of esters is 1. The van der Waals surface area contributed by atoms with Gasteiger partial charge in [-0.25, -0.2) is 4.79 Å². The minimum atomic E-state index is -5.32. The van der Waals surface area contributed by atoms with Crippen LogP contribution in [0.3, 0.4) is 0 Å². The molecule has 0 spiro atoms. The van der Waals surface area contributed by atoms with Crippen LogP contribution >= 0.6 is 0 Å². The van der Waals surface area contributed by atoms with Crippen molar-refractivity contribution in [1.29, 1.82) is 0 Å². The van der Waals surface area contributed by atoms with E-state index in [1.165, 1.54) is 32.2 Å². The van der Waals surface area contributed by atoms with E-state index in [0.717, 1.165) is 6.92 Å². The zero-order valence-corrected chi connectivity index (χ0v) is 31.6. The van der Waals surface area contributed by atoms with E-state index < -0.39 is 143 Å². The summed E-state index contributed by atoms with van der Waals surface area (Å²) in [6, 6.07) is 9.73. The number of alkyl halides is 3. The molecule has 1 aliphatic heterocycles. The van der Waals surface area contributed by atoms with E-state index in [2.05, 4.69) is 5.32 Å². The lowest BCUT2D eigenvalue weighted by Gasteiger charge is -2.43. The van der Waals surface area contributed by atoms with Crippen molar-refractivity contribution in [3.8, 4) is 17.2 Å². The second kappa shape index (κ2) is 16.4. The fourth-order valence-corrected chi connectivity index (χ4v) is 7.62. The van der Waals surface area contributed by atoms with E-state index in [9.17, 15) is 62.4 Å². The number of aliphatic hydroxyl groups is 2. The highest BCUT2D eigenvalue weighted by Gasteiger charge is 2.51. The number of halogens is 3. The standard InChI is InChI=1S/C40H39F3N2O14/c1-17-32(48)22(45-38(54)40(41,42)43)13-27(58-17)59-25-15-39(55,26(47)16-57-37(53)23(44-18(2)46)12-19-8-5-4-6-9-19)14-21-29(25)36(52)31-30(34(21)50)33(49)20-10-7-11-24(56-3)28(20)35(31)51/h4-11,17,22-23,25,27,32,48,50,52,55H,12-16H2,1-3H3,(H,44,46)(H,45,54)/t17?,22?,23?,25-,27?,32?,39-/m0/s1. The normalized spacial score (nSPS) is 24.2. The molecule has 2 amide bonds. The molecule has 0 radical (unpaired) electrons. The van der Waals surface area contributed by atoms with Crippen LogP contribution in [0, 0.1) is 0 Å². The molecular formula is C40H39F3N2O14. The number of hydrogen-bond acceptors (Lipinski definition) is 14. The molecule has 59 heavy (non-hydrogen) atoms. The summed E-state index contributed by atoms with van der Waals surface area (Å²) < 4.78 is 61.8. The number of benzene rings is 3. The van der Waals surface area contributed by atoms with Gasteiger partial charge in [0.15, 0.2) is 18.7 Å². The molecule has 0 aromatic heterocycles. The highest BCUT2D eigenvalue weighted by molar-refractivity contribution is 6.31. The Labute approximate surface area is 333 Å². The maximum atomic E-state index is 14.0. The molecule has 2 aliphatic carbocycles. The SMILES string of the molecule is COc1cccc2c1C(=O)c1c(O)c3c(c(O)c1C2=O)C[C@@](O)(C(=O)COC(=O)C(Cc1ccccc1)NC(C)=O)C[C@@H]3OC1CC(NC(=O)C(F)(F)F)C(O)C(C)O1. The van der Waals surface area contributed by atoms with Crippen LogP contribution in [0.15, 0.2) is 48.5 Å². The minimum Gasteiger partial charge on any atom is -0.507 e. The van der Waals surface area contributed by atoms with Crippen LogP contribution in [0.2, 0.25) is 0 Å². The number of carbonyl (C=O) groups is 6. The predicted molar refractivity (Wildman–Crippen MR) is 193 cm³/mol. The van der Waals surface area contributed by atoms with E-state index in [1.807, 2.05) is 0 Å². The zero-order chi connectivity index (χ0) is 43.1. The topological polar surface area (TPSA) is 244 Å². The number of nitrogens with one attached hydrogen (secondary N) is 2. The van der Waals surface area contributed by atoms with Gasteiger partial charge in [0.25, 0.3) is 0 Å². The number of amides is 2. The van der Waals surface area contributed by atoms with Crippen molar-refractivity contribution < 1.29 is 81.3 Å². The molecule has 0 saturated carbocycles. The number of phenolic OH excluding ortho intramolecular Hbond substituents is 2. The summed E-state index contributed by atoms with van der Waals surface area (Å²) in [6.07, 6.45) is -14.0. The third-order valence-corrected chi connectivity index (χ3v) is 10.5. The molecule has 6 rings (SSSR count).